The molecule has 1 aromatic carbocycles. The predicted octanol–water partition coefficient (Wildman–Crippen LogP) is 2.83. The van der Waals surface area contributed by atoms with E-state index in [0.717, 1.165) is 65.0 Å². The lowest BCUT2D eigenvalue weighted by atomic mass is 9.72. The first-order valence-electron chi connectivity index (χ1n) is 17.4. The normalized spacial score (nSPS) is 22.6. The Bertz CT molecular complexity index is 1530. The number of aromatic nitrogens is 3. The lowest BCUT2D eigenvalue weighted by Gasteiger charge is -2.54. The van der Waals surface area contributed by atoms with Crippen LogP contribution in [-0.4, -0.2) is 132 Å². The molecule has 1 atom stereocenters. The Hall–Kier alpha value is -2.98. The van der Waals surface area contributed by atoms with Crippen LogP contribution in [0.3, 0.4) is 0 Å². The minimum absolute atomic E-state index is 0.0822. The Labute approximate surface area is 284 Å². The summed E-state index contributed by atoms with van der Waals surface area (Å²) in [6.45, 7) is 16.1. The van der Waals surface area contributed by atoms with Crippen molar-refractivity contribution in [3.63, 3.8) is 0 Å². The number of anilines is 1. The van der Waals surface area contributed by atoms with E-state index in [9.17, 15) is 17.6 Å². The van der Waals surface area contributed by atoms with E-state index in [0.29, 0.717) is 44.5 Å². The maximum Gasteiger partial charge on any atom is 0.282 e. The number of piperidine rings is 1. The number of hydrogen-bond acceptors (Lipinski definition) is 10. The lowest BCUT2D eigenvalue weighted by molar-refractivity contribution is -0.0412. The molecule has 4 aliphatic heterocycles. The van der Waals surface area contributed by atoms with Crippen molar-refractivity contribution in [2.24, 2.45) is 11.3 Å². The first-order valence-corrected chi connectivity index (χ1v) is 18.8. The van der Waals surface area contributed by atoms with Crippen LogP contribution in [0, 0.1) is 17.2 Å². The average Bonchev–Trinajstić information content (AvgIpc) is 3.31. The van der Waals surface area contributed by atoms with E-state index in [4.69, 9.17) is 4.74 Å². The van der Waals surface area contributed by atoms with Crippen LogP contribution >= 0.6 is 0 Å². The standard InChI is InChI=1S/C33H50FN9O4S/c1-24(2)43(25(3)4)32(44)28-18-27(34)6-7-29(28)47-31-30(36-23-37-38-31)40-14-8-26(20-40)19-39-21-33(22-39)9-15-42(16-10-33)48(45,46)41-13-5-11-35-12-17-41/h6-7,18,23-26,35H,5,8-17,19-22H2,1-4H3/t26-/m0/s1. The molecular formula is C33H50FN9O4S. The number of hydrogen-bond donors (Lipinski definition) is 1. The molecule has 0 saturated carbocycles. The van der Waals surface area contributed by atoms with E-state index >= 15 is 0 Å². The average molecular weight is 688 g/mol. The zero-order valence-electron chi connectivity index (χ0n) is 28.6. The summed E-state index contributed by atoms with van der Waals surface area (Å²) in [5, 5.41) is 11.5. The number of amides is 1. The predicted molar refractivity (Wildman–Crippen MR) is 181 cm³/mol. The van der Waals surface area contributed by atoms with Crippen LogP contribution in [0.4, 0.5) is 10.2 Å². The topological polar surface area (TPSA) is 127 Å². The number of carbonyl (C=O) groups is 1. The summed E-state index contributed by atoms with van der Waals surface area (Å²) >= 11 is 0. The Balaban J connectivity index is 1.04. The van der Waals surface area contributed by atoms with Gasteiger partial charge in [0, 0.05) is 77.5 Å². The molecule has 1 N–H and O–H groups in total. The molecule has 264 valence electrons. The molecule has 1 aromatic heterocycles. The molecule has 4 aliphatic rings. The Kier molecular flexibility index (Phi) is 10.5. The van der Waals surface area contributed by atoms with Crippen molar-refractivity contribution < 1.29 is 22.3 Å². The first-order chi connectivity index (χ1) is 23.0. The second-order valence-electron chi connectivity index (χ2n) is 14.4. The molecule has 0 aliphatic carbocycles. The van der Waals surface area contributed by atoms with Crippen LogP contribution < -0.4 is 15.0 Å². The molecule has 4 saturated heterocycles. The van der Waals surface area contributed by atoms with Crippen LogP contribution in [0.1, 0.15) is 63.7 Å². The van der Waals surface area contributed by atoms with Gasteiger partial charge in [0.1, 0.15) is 17.9 Å². The van der Waals surface area contributed by atoms with Crippen molar-refractivity contribution in [2.45, 2.75) is 65.5 Å². The number of likely N-dealkylation sites (tertiary alicyclic amines) is 1. The van der Waals surface area contributed by atoms with Crippen molar-refractivity contribution in [3.05, 3.63) is 35.9 Å². The second kappa shape index (κ2) is 14.5. The largest absolute Gasteiger partial charge is 0.434 e. The Morgan fingerprint density at radius 2 is 1.79 bits per heavy atom. The van der Waals surface area contributed by atoms with Gasteiger partial charge in [0.2, 0.25) is 0 Å². The molecule has 2 aromatic rings. The minimum Gasteiger partial charge on any atom is -0.434 e. The van der Waals surface area contributed by atoms with Gasteiger partial charge in [-0.3, -0.25) is 4.79 Å². The van der Waals surface area contributed by atoms with Gasteiger partial charge in [-0.15, -0.1) is 10.2 Å². The number of rotatable bonds is 10. The van der Waals surface area contributed by atoms with E-state index in [-0.39, 0.29) is 40.6 Å². The van der Waals surface area contributed by atoms with Crippen molar-refractivity contribution in [2.75, 3.05) is 76.9 Å². The molecule has 0 unspecified atom stereocenters. The van der Waals surface area contributed by atoms with Crippen molar-refractivity contribution >= 4 is 21.9 Å². The summed E-state index contributed by atoms with van der Waals surface area (Å²) in [6.07, 6.45) is 5.03. The molecule has 13 nitrogen and oxygen atoms in total. The minimum atomic E-state index is -3.40. The molecule has 1 spiro atoms. The molecule has 15 heteroatoms. The monoisotopic (exact) mass is 687 g/mol. The number of carbonyl (C=O) groups excluding carboxylic acids is 1. The van der Waals surface area contributed by atoms with Crippen molar-refractivity contribution in [3.8, 4) is 11.6 Å². The van der Waals surface area contributed by atoms with Crippen LogP contribution in [0.15, 0.2) is 24.5 Å². The number of ether oxygens (including phenoxy) is 1. The van der Waals surface area contributed by atoms with E-state index < -0.39 is 16.0 Å². The molecule has 4 fully saturated rings. The molecule has 48 heavy (non-hydrogen) atoms. The summed E-state index contributed by atoms with van der Waals surface area (Å²) in [7, 11) is -3.40. The third-order valence-corrected chi connectivity index (χ3v) is 12.3. The smallest absolute Gasteiger partial charge is 0.282 e. The SMILES string of the molecule is CC(C)N(C(=O)c1cc(F)ccc1Oc1nncnc1N1CC[C@@H](CN2CC3(CCN(S(=O)(=O)N4CCCNCC4)CC3)C2)C1)C(C)C. The van der Waals surface area contributed by atoms with Gasteiger partial charge in [-0.25, -0.2) is 9.37 Å². The maximum atomic E-state index is 14.4. The van der Waals surface area contributed by atoms with Crippen LogP contribution in [0.5, 0.6) is 11.6 Å². The third-order valence-electron chi connectivity index (χ3n) is 10.3. The van der Waals surface area contributed by atoms with Gasteiger partial charge in [-0.05, 0) is 89.5 Å². The van der Waals surface area contributed by atoms with Gasteiger partial charge in [0.15, 0.2) is 5.82 Å². The highest BCUT2D eigenvalue weighted by Gasteiger charge is 2.47. The number of nitrogens with zero attached hydrogens (tertiary/aromatic N) is 8. The maximum absolute atomic E-state index is 14.4. The van der Waals surface area contributed by atoms with E-state index in [1.807, 2.05) is 27.7 Å². The number of halogens is 1. The molecule has 6 rings (SSSR count). The number of nitrogens with one attached hydrogen (secondary N) is 1. The van der Waals surface area contributed by atoms with Crippen molar-refractivity contribution in [1.29, 1.82) is 0 Å². The first kappa shape index (κ1) is 34.9. The third kappa shape index (κ3) is 7.44. The fourth-order valence-electron chi connectivity index (χ4n) is 7.90. The molecule has 1 amide bonds. The quantitative estimate of drug-likeness (QED) is 0.399. The van der Waals surface area contributed by atoms with Crippen LogP contribution in [0.25, 0.3) is 0 Å². The molecular weight excluding hydrogens is 637 g/mol. The fourth-order valence-corrected chi connectivity index (χ4v) is 9.55. The highest BCUT2D eigenvalue weighted by molar-refractivity contribution is 7.86. The fraction of sp³-hybridized carbons (Fsp3) is 0.697. The van der Waals surface area contributed by atoms with Gasteiger partial charge in [-0.1, -0.05) is 0 Å². The molecule has 0 radical (unpaired) electrons. The van der Waals surface area contributed by atoms with E-state index in [1.54, 1.807) is 13.5 Å². The summed E-state index contributed by atoms with van der Waals surface area (Å²) in [4.78, 5) is 24.4. The van der Waals surface area contributed by atoms with Gasteiger partial charge >= 0.3 is 0 Å². The highest BCUT2D eigenvalue weighted by Crippen LogP contribution is 2.42. The van der Waals surface area contributed by atoms with Gasteiger partial charge in [-0.2, -0.15) is 17.0 Å². The zero-order chi connectivity index (χ0) is 34.1. The summed E-state index contributed by atoms with van der Waals surface area (Å²) < 4.78 is 50.4. The summed E-state index contributed by atoms with van der Waals surface area (Å²) in [5.41, 5.74) is 0.329. The van der Waals surface area contributed by atoms with E-state index in [1.165, 1.54) is 24.5 Å². The van der Waals surface area contributed by atoms with Crippen LogP contribution in [-0.2, 0) is 10.2 Å². The van der Waals surface area contributed by atoms with Gasteiger partial charge in [0.25, 0.3) is 22.0 Å². The Morgan fingerprint density at radius 3 is 2.52 bits per heavy atom. The van der Waals surface area contributed by atoms with Crippen LogP contribution in [0.2, 0.25) is 0 Å². The van der Waals surface area contributed by atoms with Crippen molar-refractivity contribution in [1.82, 2.24) is 38.9 Å². The van der Waals surface area contributed by atoms with E-state index in [2.05, 4.69) is 30.3 Å². The lowest BCUT2D eigenvalue weighted by Crippen LogP contribution is -2.62. The molecule has 5 heterocycles. The summed E-state index contributed by atoms with van der Waals surface area (Å²) in [5.74, 6) is 0.529. The summed E-state index contributed by atoms with van der Waals surface area (Å²) in [6, 6.07) is 3.77. The number of benzene rings is 1. The Morgan fingerprint density at radius 1 is 1.06 bits per heavy atom. The van der Waals surface area contributed by atoms with Gasteiger partial charge < -0.3 is 24.8 Å². The van der Waals surface area contributed by atoms with Gasteiger partial charge in [0.05, 0.1) is 5.56 Å². The molecule has 0 bridgehead atoms. The second-order valence-corrected chi connectivity index (χ2v) is 16.3. The highest BCUT2D eigenvalue weighted by atomic mass is 32.2. The zero-order valence-corrected chi connectivity index (χ0v) is 29.5.